The molecule has 1 aromatic carbocycles. The normalized spacial score (nSPS) is 13.0. The number of nitrogens with one attached hydrogen (secondary N) is 1. The summed E-state index contributed by atoms with van der Waals surface area (Å²) in [5.74, 6) is 0. The van der Waals surface area contributed by atoms with Crippen LogP contribution in [0.15, 0.2) is 29.2 Å². The average Bonchev–Trinajstić information content (AvgIpc) is 2.29. The van der Waals surface area contributed by atoms with Crippen molar-refractivity contribution in [1.82, 2.24) is 4.72 Å². The lowest BCUT2D eigenvalue weighted by molar-refractivity contribution is 0.265. The first-order valence-electron chi connectivity index (χ1n) is 5.08. The Morgan fingerprint density at radius 1 is 1.41 bits per heavy atom. The fourth-order valence-electron chi connectivity index (χ4n) is 1.25. The van der Waals surface area contributed by atoms with Gasteiger partial charge in [-0.2, -0.15) is 5.26 Å². The molecule has 92 valence electrons. The van der Waals surface area contributed by atoms with Crippen LogP contribution in [-0.4, -0.2) is 26.2 Å². The number of hydrogen-bond acceptors (Lipinski definition) is 4. The Kier molecular flexibility index (Phi) is 4.63. The van der Waals surface area contributed by atoms with E-state index in [2.05, 4.69) is 4.72 Å². The van der Waals surface area contributed by atoms with Crippen molar-refractivity contribution in [1.29, 1.82) is 5.26 Å². The Hall–Kier alpha value is -1.42. The van der Waals surface area contributed by atoms with Gasteiger partial charge in [0.1, 0.15) is 0 Å². The zero-order valence-corrected chi connectivity index (χ0v) is 10.2. The predicted molar refractivity (Wildman–Crippen MR) is 62.6 cm³/mol. The minimum Gasteiger partial charge on any atom is -0.395 e. The maximum absolute atomic E-state index is 11.8. The molecule has 0 saturated carbocycles. The van der Waals surface area contributed by atoms with E-state index in [0.717, 1.165) is 5.56 Å². The van der Waals surface area contributed by atoms with Crippen molar-refractivity contribution >= 4 is 10.0 Å². The standard InChI is InChI=1S/C11H14N2O3S/c1-9(8-14)13-17(15,16)11-4-2-10(3-5-11)6-7-12/h2-5,9,13-14H,6,8H2,1H3. The van der Waals surface area contributed by atoms with Gasteiger partial charge in [-0.3, -0.25) is 0 Å². The molecular weight excluding hydrogens is 240 g/mol. The fraction of sp³-hybridized carbons (Fsp3) is 0.364. The average molecular weight is 254 g/mol. The number of aliphatic hydroxyl groups is 1. The van der Waals surface area contributed by atoms with Crippen LogP contribution in [0.3, 0.4) is 0 Å². The van der Waals surface area contributed by atoms with E-state index in [1.54, 1.807) is 19.1 Å². The molecule has 1 aromatic rings. The van der Waals surface area contributed by atoms with Gasteiger partial charge in [-0.05, 0) is 24.6 Å². The first-order valence-corrected chi connectivity index (χ1v) is 6.57. The molecule has 0 bridgehead atoms. The minimum atomic E-state index is -3.60. The van der Waals surface area contributed by atoms with Crippen LogP contribution in [0, 0.1) is 11.3 Å². The largest absolute Gasteiger partial charge is 0.395 e. The summed E-state index contributed by atoms with van der Waals surface area (Å²) in [6.45, 7) is 1.31. The molecule has 0 radical (unpaired) electrons. The van der Waals surface area contributed by atoms with Gasteiger partial charge in [0.05, 0.1) is 24.0 Å². The lowest BCUT2D eigenvalue weighted by Crippen LogP contribution is -2.34. The zero-order valence-electron chi connectivity index (χ0n) is 9.42. The lowest BCUT2D eigenvalue weighted by Gasteiger charge is -2.11. The van der Waals surface area contributed by atoms with Gasteiger partial charge in [0.2, 0.25) is 10.0 Å². The van der Waals surface area contributed by atoms with Crippen LogP contribution in [0.1, 0.15) is 12.5 Å². The van der Waals surface area contributed by atoms with Crippen LogP contribution >= 0.6 is 0 Å². The third kappa shape index (κ3) is 3.82. The summed E-state index contributed by atoms with van der Waals surface area (Å²) in [5, 5.41) is 17.3. The van der Waals surface area contributed by atoms with Gasteiger partial charge in [0.15, 0.2) is 0 Å². The molecule has 1 rings (SSSR count). The van der Waals surface area contributed by atoms with Crippen molar-refractivity contribution in [2.75, 3.05) is 6.61 Å². The van der Waals surface area contributed by atoms with Gasteiger partial charge >= 0.3 is 0 Å². The summed E-state index contributed by atoms with van der Waals surface area (Å²) in [5.41, 5.74) is 0.765. The Morgan fingerprint density at radius 3 is 2.47 bits per heavy atom. The number of nitrogens with zero attached hydrogens (tertiary/aromatic N) is 1. The monoisotopic (exact) mass is 254 g/mol. The second-order valence-electron chi connectivity index (χ2n) is 3.68. The number of rotatable bonds is 5. The molecule has 1 unspecified atom stereocenters. The third-order valence-corrected chi connectivity index (χ3v) is 3.75. The van der Waals surface area contributed by atoms with Crippen molar-refractivity contribution in [2.45, 2.75) is 24.3 Å². The van der Waals surface area contributed by atoms with E-state index < -0.39 is 16.1 Å². The van der Waals surface area contributed by atoms with Crippen molar-refractivity contribution in [3.63, 3.8) is 0 Å². The Labute approximate surface area is 101 Å². The molecule has 1 atom stereocenters. The van der Waals surface area contributed by atoms with Gasteiger partial charge < -0.3 is 5.11 Å². The molecule has 0 spiro atoms. The highest BCUT2D eigenvalue weighted by molar-refractivity contribution is 7.89. The molecule has 2 N–H and O–H groups in total. The van der Waals surface area contributed by atoms with Gasteiger partial charge in [-0.1, -0.05) is 12.1 Å². The number of nitriles is 1. The van der Waals surface area contributed by atoms with Crippen LogP contribution < -0.4 is 4.72 Å². The molecule has 6 heteroatoms. The third-order valence-electron chi connectivity index (χ3n) is 2.15. The summed E-state index contributed by atoms with van der Waals surface area (Å²) < 4.78 is 25.9. The zero-order chi connectivity index (χ0) is 12.9. The highest BCUT2D eigenvalue weighted by Gasteiger charge is 2.16. The number of hydrogen-bond donors (Lipinski definition) is 2. The van der Waals surface area contributed by atoms with E-state index in [9.17, 15) is 8.42 Å². The molecule has 0 aromatic heterocycles. The molecule has 0 aliphatic carbocycles. The Bertz CT molecular complexity index is 503. The van der Waals surface area contributed by atoms with Crippen molar-refractivity contribution < 1.29 is 13.5 Å². The molecule has 0 aliphatic heterocycles. The summed E-state index contributed by atoms with van der Waals surface area (Å²) in [6, 6.07) is 7.54. The molecule has 17 heavy (non-hydrogen) atoms. The molecule has 0 saturated heterocycles. The SMILES string of the molecule is CC(CO)NS(=O)(=O)c1ccc(CC#N)cc1. The van der Waals surface area contributed by atoms with E-state index in [1.165, 1.54) is 12.1 Å². The van der Waals surface area contributed by atoms with Crippen LogP contribution in [0.2, 0.25) is 0 Å². The molecule has 0 amide bonds. The van der Waals surface area contributed by atoms with Crippen LogP contribution in [0.25, 0.3) is 0 Å². The van der Waals surface area contributed by atoms with Gasteiger partial charge in [0.25, 0.3) is 0 Å². The molecular formula is C11H14N2O3S. The molecule has 5 nitrogen and oxygen atoms in total. The predicted octanol–water partition coefficient (Wildman–Crippen LogP) is 0.412. The van der Waals surface area contributed by atoms with E-state index in [0.29, 0.717) is 0 Å². The summed E-state index contributed by atoms with van der Waals surface area (Å²) in [4.78, 5) is 0.125. The summed E-state index contributed by atoms with van der Waals surface area (Å²) in [6.07, 6.45) is 0.251. The molecule has 0 heterocycles. The van der Waals surface area contributed by atoms with E-state index in [4.69, 9.17) is 10.4 Å². The van der Waals surface area contributed by atoms with Crippen molar-refractivity contribution in [3.05, 3.63) is 29.8 Å². The summed E-state index contributed by atoms with van der Waals surface area (Å²) in [7, 11) is -3.60. The van der Waals surface area contributed by atoms with Crippen LogP contribution in [0.5, 0.6) is 0 Å². The van der Waals surface area contributed by atoms with Crippen LogP contribution in [-0.2, 0) is 16.4 Å². The highest BCUT2D eigenvalue weighted by Crippen LogP contribution is 2.11. The lowest BCUT2D eigenvalue weighted by atomic mass is 10.2. The van der Waals surface area contributed by atoms with Crippen molar-refractivity contribution in [2.24, 2.45) is 0 Å². The number of benzene rings is 1. The summed E-state index contributed by atoms with van der Waals surface area (Å²) >= 11 is 0. The topological polar surface area (TPSA) is 90.2 Å². The molecule has 0 aliphatic rings. The van der Waals surface area contributed by atoms with E-state index >= 15 is 0 Å². The first-order chi connectivity index (χ1) is 7.99. The van der Waals surface area contributed by atoms with Gasteiger partial charge in [-0.15, -0.1) is 0 Å². The quantitative estimate of drug-likeness (QED) is 0.796. The minimum absolute atomic E-state index is 0.125. The fourth-order valence-corrected chi connectivity index (χ4v) is 2.48. The maximum atomic E-state index is 11.8. The van der Waals surface area contributed by atoms with E-state index in [-0.39, 0.29) is 17.9 Å². The highest BCUT2D eigenvalue weighted by atomic mass is 32.2. The van der Waals surface area contributed by atoms with Gasteiger partial charge in [0, 0.05) is 6.04 Å². The van der Waals surface area contributed by atoms with E-state index in [1.807, 2.05) is 6.07 Å². The van der Waals surface area contributed by atoms with Crippen molar-refractivity contribution in [3.8, 4) is 6.07 Å². The smallest absolute Gasteiger partial charge is 0.240 e. The first kappa shape index (κ1) is 13.6. The van der Waals surface area contributed by atoms with Crippen LogP contribution in [0.4, 0.5) is 0 Å². The second-order valence-corrected chi connectivity index (χ2v) is 5.40. The Morgan fingerprint density at radius 2 is 2.00 bits per heavy atom. The second kappa shape index (κ2) is 5.77. The van der Waals surface area contributed by atoms with Gasteiger partial charge in [-0.25, -0.2) is 13.1 Å². The Balaban J connectivity index is 2.89. The number of sulfonamides is 1. The number of aliphatic hydroxyl groups excluding tert-OH is 1. The maximum Gasteiger partial charge on any atom is 0.240 e. The molecule has 0 fully saturated rings.